The van der Waals surface area contributed by atoms with Gasteiger partial charge in [0.15, 0.2) is 0 Å². The first-order valence-electron chi connectivity index (χ1n) is 11.6. The zero-order valence-corrected chi connectivity index (χ0v) is 19.9. The molecule has 2 heterocycles. The third-order valence-electron chi connectivity index (χ3n) is 6.19. The third kappa shape index (κ3) is 5.94. The van der Waals surface area contributed by atoms with Crippen LogP contribution in [0.2, 0.25) is 0 Å². The Kier molecular flexibility index (Phi) is 7.72. The van der Waals surface area contributed by atoms with E-state index in [-0.39, 0.29) is 24.8 Å². The molecule has 36 heavy (non-hydrogen) atoms. The van der Waals surface area contributed by atoms with Crippen LogP contribution >= 0.6 is 0 Å². The summed E-state index contributed by atoms with van der Waals surface area (Å²) >= 11 is 0. The van der Waals surface area contributed by atoms with E-state index in [4.69, 9.17) is 15.6 Å². The van der Waals surface area contributed by atoms with Crippen molar-refractivity contribution in [1.82, 2.24) is 15.2 Å². The highest BCUT2D eigenvalue weighted by molar-refractivity contribution is 5.93. The summed E-state index contributed by atoms with van der Waals surface area (Å²) < 4.78 is 5.59. The van der Waals surface area contributed by atoms with Gasteiger partial charge in [-0.05, 0) is 59.0 Å². The molecule has 1 aromatic heterocycles. The average Bonchev–Trinajstić information content (AvgIpc) is 2.88. The molecule has 0 unspecified atom stereocenters. The van der Waals surface area contributed by atoms with Crippen molar-refractivity contribution in [1.29, 1.82) is 0 Å². The largest absolute Gasteiger partial charge is 0.477 e. The number of nitrogens with one attached hydrogen (secondary N) is 1. The first-order chi connectivity index (χ1) is 17.3. The van der Waals surface area contributed by atoms with E-state index in [0.29, 0.717) is 30.8 Å². The van der Waals surface area contributed by atoms with Crippen LogP contribution in [0.1, 0.15) is 37.5 Å². The quantitative estimate of drug-likeness (QED) is 0.443. The molecule has 4 N–H and O–H groups in total. The number of morpholine rings is 1. The van der Waals surface area contributed by atoms with Gasteiger partial charge < -0.3 is 20.9 Å². The van der Waals surface area contributed by atoms with Gasteiger partial charge in [0.2, 0.25) is 11.8 Å². The molecule has 1 aliphatic rings. The number of benzene rings is 2. The Balaban J connectivity index is 1.44. The Labute approximate surface area is 208 Å². The van der Waals surface area contributed by atoms with E-state index in [1.165, 1.54) is 12.3 Å². The van der Waals surface area contributed by atoms with Crippen molar-refractivity contribution in [3.63, 3.8) is 0 Å². The van der Waals surface area contributed by atoms with E-state index >= 15 is 0 Å². The zero-order valence-electron chi connectivity index (χ0n) is 19.9. The predicted molar refractivity (Wildman–Crippen MR) is 133 cm³/mol. The lowest BCUT2D eigenvalue weighted by atomic mass is 9.96. The lowest BCUT2D eigenvalue weighted by Gasteiger charge is -2.34. The van der Waals surface area contributed by atoms with Crippen molar-refractivity contribution in [2.45, 2.75) is 26.1 Å². The van der Waals surface area contributed by atoms with Crippen molar-refractivity contribution < 1.29 is 24.2 Å². The number of pyridine rings is 1. The van der Waals surface area contributed by atoms with E-state index in [0.717, 1.165) is 22.3 Å². The van der Waals surface area contributed by atoms with Gasteiger partial charge in [-0.3, -0.25) is 14.5 Å². The molecule has 2 amide bonds. The Morgan fingerprint density at radius 3 is 2.67 bits per heavy atom. The number of primary amides is 1. The number of aryl methyl sites for hydroxylation is 1. The minimum Gasteiger partial charge on any atom is -0.477 e. The molecule has 1 saturated heterocycles. The lowest BCUT2D eigenvalue weighted by molar-refractivity contribution is -0.133. The number of carbonyl (C=O) groups excluding carboxylic acids is 2. The van der Waals surface area contributed by atoms with Gasteiger partial charge in [-0.25, -0.2) is 9.78 Å². The Morgan fingerprint density at radius 2 is 1.97 bits per heavy atom. The maximum atomic E-state index is 13.0. The Bertz CT molecular complexity index is 1280. The first-order valence-corrected chi connectivity index (χ1v) is 11.6. The van der Waals surface area contributed by atoms with Crippen LogP contribution < -0.4 is 11.1 Å². The summed E-state index contributed by atoms with van der Waals surface area (Å²) in [6, 6.07) is 16.1. The average molecular weight is 489 g/mol. The molecule has 9 nitrogen and oxygen atoms in total. The fourth-order valence-corrected chi connectivity index (χ4v) is 4.24. The maximum Gasteiger partial charge on any atom is 0.354 e. The molecule has 1 atom stereocenters. The van der Waals surface area contributed by atoms with Crippen LogP contribution in [0.15, 0.2) is 60.8 Å². The second-order valence-electron chi connectivity index (χ2n) is 8.73. The number of amides is 2. The van der Waals surface area contributed by atoms with Gasteiger partial charge in [-0.2, -0.15) is 0 Å². The molecule has 4 rings (SSSR count). The Hall–Kier alpha value is -4.08. The van der Waals surface area contributed by atoms with Crippen LogP contribution in [0, 0.1) is 6.92 Å². The van der Waals surface area contributed by atoms with E-state index < -0.39 is 17.9 Å². The molecule has 1 aliphatic heterocycles. The highest BCUT2D eigenvalue weighted by atomic mass is 16.5. The molecule has 0 bridgehead atoms. The smallest absolute Gasteiger partial charge is 0.354 e. The van der Waals surface area contributed by atoms with Gasteiger partial charge >= 0.3 is 5.97 Å². The van der Waals surface area contributed by atoms with Gasteiger partial charge in [0.25, 0.3) is 0 Å². The molecule has 0 radical (unpaired) electrons. The fourth-order valence-electron chi connectivity index (χ4n) is 4.24. The predicted octanol–water partition coefficient (Wildman–Crippen LogP) is 2.37. The third-order valence-corrected chi connectivity index (χ3v) is 6.19. The van der Waals surface area contributed by atoms with Crippen molar-refractivity contribution in [2.75, 3.05) is 19.8 Å². The first kappa shape index (κ1) is 25.0. The molecule has 186 valence electrons. The summed E-state index contributed by atoms with van der Waals surface area (Å²) in [4.78, 5) is 41.4. The van der Waals surface area contributed by atoms with E-state index in [2.05, 4.69) is 21.3 Å². The molecule has 2 aromatic carbocycles. The lowest BCUT2D eigenvalue weighted by Crippen LogP contribution is -2.53. The molecular weight excluding hydrogens is 460 g/mol. The van der Waals surface area contributed by atoms with Crippen LogP contribution in [0.4, 0.5) is 0 Å². The number of nitrogens with zero attached hydrogens (tertiary/aromatic N) is 2. The second-order valence-corrected chi connectivity index (χ2v) is 8.73. The zero-order chi connectivity index (χ0) is 25.7. The SMILES string of the molecule is Cc1cc(C(N)=O)ccc1-c1cccc(CN2CCOC[C@@H]2C(=O)NCc2ccc(C(=O)O)nc2)c1. The normalized spacial score (nSPS) is 15.9. The highest BCUT2D eigenvalue weighted by Gasteiger charge is 2.29. The number of aromatic nitrogens is 1. The minimum atomic E-state index is -1.09. The van der Waals surface area contributed by atoms with Gasteiger partial charge in [0.05, 0.1) is 13.2 Å². The van der Waals surface area contributed by atoms with E-state index in [1.54, 1.807) is 18.2 Å². The summed E-state index contributed by atoms with van der Waals surface area (Å²) in [5.41, 5.74) is 10.6. The summed E-state index contributed by atoms with van der Waals surface area (Å²) in [6.07, 6.45) is 1.45. The van der Waals surface area contributed by atoms with Gasteiger partial charge in [-0.15, -0.1) is 0 Å². The summed E-state index contributed by atoms with van der Waals surface area (Å²) in [6.45, 7) is 4.20. The van der Waals surface area contributed by atoms with Crippen molar-refractivity contribution in [3.8, 4) is 11.1 Å². The number of nitrogens with two attached hydrogens (primary N) is 1. The van der Waals surface area contributed by atoms with Crippen molar-refractivity contribution in [2.24, 2.45) is 5.73 Å². The number of ether oxygens (including phenoxy) is 1. The monoisotopic (exact) mass is 488 g/mol. The topological polar surface area (TPSA) is 135 Å². The van der Waals surface area contributed by atoms with Crippen LogP contribution in [0.25, 0.3) is 11.1 Å². The van der Waals surface area contributed by atoms with Crippen molar-refractivity contribution in [3.05, 3.63) is 88.7 Å². The van der Waals surface area contributed by atoms with Gasteiger partial charge in [-0.1, -0.05) is 30.3 Å². The van der Waals surface area contributed by atoms with Crippen LogP contribution in [-0.2, 0) is 22.6 Å². The Morgan fingerprint density at radius 1 is 1.14 bits per heavy atom. The molecule has 0 aliphatic carbocycles. The second kappa shape index (κ2) is 11.1. The number of carboxylic acids is 1. The molecule has 0 spiro atoms. The van der Waals surface area contributed by atoms with Crippen LogP contribution in [0.5, 0.6) is 0 Å². The molecule has 1 fully saturated rings. The molecule has 9 heteroatoms. The van der Waals surface area contributed by atoms with Crippen LogP contribution in [0.3, 0.4) is 0 Å². The number of carbonyl (C=O) groups is 3. The number of hydrogen-bond acceptors (Lipinski definition) is 6. The number of hydrogen-bond donors (Lipinski definition) is 3. The van der Waals surface area contributed by atoms with E-state index in [9.17, 15) is 14.4 Å². The summed E-state index contributed by atoms with van der Waals surface area (Å²) in [5, 5.41) is 11.9. The number of rotatable bonds is 8. The highest BCUT2D eigenvalue weighted by Crippen LogP contribution is 2.26. The summed E-state index contributed by atoms with van der Waals surface area (Å²) in [5.74, 6) is -1.71. The number of aromatic carboxylic acids is 1. The standard InChI is InChI=1S/C27H28N4O5/c1-17-11-21(25(28)32)6-7-22(17)20-4-2-3-18(12-20)15-31-9-10-36-16-24(31)26(33)30-14-19-5-8-23(27(34)35)29-13-19/h2-8,11-13,24H,9-10,14-16H2,1H3,(H2,28,32)(H,30,33)(H,34,35)/t24-/m1/s1. The fraction of sp³-hybridized carbons (Fsp3) is 0.259. The molecular formula is C27H28N4O5. The minimum absolute atomic E-state index is 0.0434. The van der Waals surface area contributed by atoms with Crippen LogP contribution in [-0.4, -0.2) is 58.6 Å². The van der Waals surface area contributed by atoms with Gasteiger partial charge in [0, 0.05) is 31.4 Å². The van der Waals surface area contributed by atoms with Crippen molar-refractivity contribution >= 4 is 17.8 Å². The molecule has 3 aromatic rings. The number of carboxylic acid groups (broad SMARTS) is 1. The molecule has 0 saturated carbocycles. The summed E-state index contributed by atoms with van der Waals surface area (Å²) in [7, 11) is 0. The van der Waals surface area contributed by atoms with E-state index in [1.807, 2.05) is 31.2 Å². The van der Waals surface area contributed by atoms with Gasteiger partial charge in [0.1, 0.15) is 11.7 Å². The maximum absolute atomic E-state index is 13.0.